The van der Waals surface area contributed by atoms with E-state index >= 15 is 0 Å². The quantitative estimate of drug-likeness (QED) is 0.863. The number of rotatable bonds is 2. The van der Waals surface area contributed by atoms with Gasteiger partial charge in [0.1, 0.15) is 0 Å². The Morgan fingerprint density at radius 1 is 1.25 bits per heavy atom. The smallest absolute Gasteiger partial charge is 0.379 e. The van der Waals surface area contributed by atoms with E-state index in [0.717, 1.165) is 0 Å². The summed E-state index contributed by atoms with van der Waals surface area (Å²) in [5.41, 5.74) is -2.98. The number of hydrogen-bond acceptors (Lipinski definition) is 3. The van der Waals surface area contributed by atoms with Crippen molar-refractivity contribution in [1.82, 2.24) is 4.31 Å². The molecule has 1 aliphatic heterocycles. The summed E-state index contributed by atoms with van der Waals surface area (Å²) in [7, 11) is -4.03. The molecule has 1 aromatic carbocycles. The van der Waals surface area contributed by atoms with Crippen molar-refractivity contribution in [3.63, 3.8) is 0 Å². The molecule has 1 heterocycles. The van der Waals surface area contributed by atoms with Crippen molar-refractivity contribution in [1.29, 1.82) is 0 Å². The molecule has 1 aliphatic rings. The third kappa shape index (κ3) is 2.72. The van der Waals surface area contributed by atoms with Gasteiger partial charge in [-0.25, -0.2) is 8.42 Å². The van der Waals surface area contributed by atoms with Crippen molar-refractivity contribution < 1.29 is 26.7 Å². The van der Waals surface area contributed by atoms with Gasteiger partial charge in [-0.2, -0.15) is 17.5 Å². The van der Waals surface area contributed by atoms with Gasteiger partial charge in [-0.1, -0.05) is 15.9 Å². The molecule has 9 heteroatoms. The van der Waals surface area contributed by atoms with E-state index < -0.39 is 34.8 Å². The Kier molecular flexibility index (Phi) is 3.91. The monoisotopic (exact) mass is 373 g/mol. The van der Waals surface area contributed by atoms with Crippen molar-refractivity contribution in [2.24, 2.45) is 0 Å². The van der Waals surface area contributed by atoms with E-state index in [4.69, 9.17) is 0 Å². The van der Waals surface area contributed by atoms with Crippen LogP contribution in [0.4, 0.5) is 13.2 Å². The van der Waals surface area contributed by atoms with E-state index in [9.17, 15) is 26.7 Å². The highest BCUT2D eigenvalue weighted by molar-refractivity contribution is 9.10. The van der Waals surface area contributed by atoms with Gasteiger partial charge < -0.3 is 5.11 Å². The van der Waals surface area contributed by atoms with Gasteiger partial charge >= 0.3 is 6.18 Å². The molecule has 0 unspecified atom stereocenters. The Bertz CT molecular complexity index is 602. The first-order valence-corrected chi connectivity index (χ1v) is 7.84. The zero-order valence-electron chi connectivity index (χ0n) is 10.1. The molecule has 4 nitrogen and oxygen atoms in total. The molecule has 112 valence electrons. The Morgan fingerprint density at radius 3 is 2.25 bits per heavy atom. The van der Waals surface area contributed by atoms with Crippen molar-refractivity contribution in [2.45, 2.75) is 23.1 Å². The largest absolute Gasteiger partial charge is 0.418 e. The molecule has 0 amide bonds. The SMILES string of the molecule is O=S(=O)(c1ccc(Br)cc1)N1CC[C@@](O)(C(F)(F)F)C1. The number of sulfonamides is 1. The van der Waals surface area contributed by atoms with Gasteiger partial charge in [0.25, 0.3) is 0 Å². The van der Waals surface area contributed by atoms with Crippen LogP contribution in [0.2, 0.25) is 0 Å². The predicted molar refractivity (Wildman–Crippen MR) is 68.5 cm³/mol. The van der Waals surface area contributed by atoms with Crippen molar-refractivity contribution in [2.75, 3.05) is 13.1 Å². The Balaban J connectivity index is 2.27. The number of halogens is 4. The predicted octanol–water partition coefficient (Wildman–Crippen LogP) is 2.14. The minimum absolute atomic E-state index is 0.105. The first kappa shape index (κ1) is 15.7. The van der Waals surface area contributed by atoms with Crippen molar-refractivity contribution in [3.8, 4) is 0 Å². The Morgan fingerprint density at radius 2 is 1.80 bits per heavy atom. The van der Waals surface area contributed by atoms with Crippen LogP contribution in [-0.2, 0) is 10.0 Å². The zero-order valence-corrected chi connectivity index (χ0v) is 12.5. The number of hydrogen-bond donors (Lipinski definition) is 1. The molecule has 1 saturated heterocycles. The second kappa shape index (κ2) is 4.97. The molecular formula is C11H11BrF3NO3S. The molecule has 1 aromatic rings. The maximum Gasteiger partial charge on any atom is 0.418 e. The van der Waals surface area contributed by atoms with Gasteiger partial charge in [0.2, 0.25) is 10.0 Å². The van der Waals surface area contributed by atoms with E-state index in [1.54, 1.807) is 0 Å². The molecule has 0 radical (unpaired) electrons. The fourth-order valence-corrected chi connectivity index (χ4v) is 3.71. The van der Waals surface area contributed by atoms with E-state index in [1.807, 2.05) is 0 Å². The summed E-state index contributed by atoms with van der Waals surface area (Å²) in [5.74, 6) is 0. The average Bonchev–Trinajstić information content (AvgIpc) is 2.74. The number of benzene rings is 1. The molecule has 0 saturated carbocycles. The number of β-amino-alcohol motifs (C(OH)–C–C–N with tert-alkyl or cyclic N) is 1. The van der Waals surface area contributed by atoms with Crippen LogP contribution in [0.1, 0.15) is 6.42 Å². The molecule has 1 fully saturated rings. The van der Waals surface area contributed by atoms with Gasteiger partial charge in [-0.3, -0.25) is 0 Å². The lowest BCUT2D eigenvalue weighted by Gasteiger charge is -2.25. The minimum Gasteiger partial charge on any atom is -0.379 e. The van der Waals surface area contributed by atoms with Gasteiger partial charge in [-0.05, 0) is 24.3 Å². The lowest BCUT2D eigenvalue weighted by molar-refractivity contribution is -0.252. The maximum atomic E-state index is 12.7. The highest BCUT2D eigenvalue weighted by atomic mass is 79.9. The Hall–Kier alpha value is -0.640. The van der Waals surface area contributed by atoms with Crippen molar-refractivity contribution in [3.05, 3.63) is 28.7 Å². The van der Waals surface area contributed by atoms with Gasteiger partial charge in [0.15, 0.2) is 5.60 Å². The van der Waals surface area contributed by atoms with E-state index in [0.29, 0.717) is 8.78 Å². The molecule has 2 rings (SSSR count). The number of nitrogens with zero attached hydrogens (tertiary/aromatic N) is 1. The molecule has 0 aromatic heterocycles. The van der Waals surface area contributed by atoms with Gasteiger partial charge in [-0.15, -0.1) is 0 Å². The fourth-order valence-electron chi connectivity index (χ4n) is 1.95. The lowest BCUT2D eigenvalue weighted by atomic mass is 10.0. The zero-order chi connectivity index (χ0) is 15.2. The van der Waals surface area contributed by atoms with Crippen LogP contribution < -0.4 is 0 Å². The van der Waals surface area contributed by atoms with Crippen LogP contribution in [0, 0.1) is 0 Å². The summed E-state index contributed by atoms with van der Waals surface area (Å²) in [5, 5.41) is 9.51. The van der Waals surface area contributed by atoms with Crippen LogP contribution >= 0.6 is 15.9 Å². The molecule has 1 N–H and O–H groups in total. The lowest BCUT2D eigenvalue weighted by Crippen LogP contribution is -2.48. The summed E-state index contributed by atoms with van der Waals surface area (Å²) >= 11 is 3.14. The number of aliphatic hydroxyl groups is 1. The topological polar surface area (TPSA) is 57.6 Å². The van der Waals surface area contributed by atoms with Crippen LogP contribution in [-0.4, -0.2) is 42.7 Å². The van der Waals surface area contributed by atoms with E-state index in [-0.39, 0.29) is 11.4 Å². The normalized spacial score (nSPS) is 25.1. The molecule has 0 bridgehead atoms. The summed E-state index contributed by atoms with van der Waals surface area (Å²) < 4.78 is 63.8. The summed E-state index contributed by atoms with van der Waals surface area (Å²) in [6.45, 7) is -1.34. The molecule has 20 heavy (non-hydrogen) atoms. The van der Waals surface area contributed by atoms with Gasteiger partial charge in [0, 0.05) is 17.4 Å². The average molecular weight is 374 g/mol. The summed E-state index contributed by atoms with van der Waals surface area (Å²) in [4.78, 5) is -0.105. The minimum atomic E-state index is -4.85. The van der Waals surface area contributed by atoms with E-state index in [2.05, 4.69) is 15.9 Å². The second-order valence-electron chi connectivity index (χ2n) is 4.57. The van der Waals surface area contributed by atoms with Crippen LogP contribution in [0.5, 0.6) is 0 Å². The molecular weight excluding hydrogens is 363 g/mol. The number of alkyl halides is 3. The van der Waals surface area contributed by atoms with Gasteiger partial charge in [0.05, 0.1) is 11.4 Å². The van der Waals surface area contributed by atoms with Crippen molar-refractivity contribution >= 4 is 26.0 Å². The van der Waals surface area contributed by atoms with Crippen LogP contribution in [0.3, 0.4) is 0 Å². The standard InChI is InChI=1S/C11H11BrF3NO3S/c12-8-1-3-9(4-2-8)20(18,19)16-6-5-10(17,7-16)11(13,14)15/h1-4,17H,5-7H2/t10-/m0/s1. The van der Waals surface area contributed by atoms with Crippen LogP contribution in [0.25, 0.3) is 0 Å². The highest BCUT2D eigenvalue weighted by Crippen LogP contribution is 2.39. The second-order valence-corrected chi connectivity index (χ2v) is 7.43. The molecule has 1 atom stereocenters. The molecule has 0 spiro atoms. The fraction of sp³-hybridized carbons (Fsp3) is 0.455. The highest BCUT2D eigenvalue weighted by Gasteiger charge is 2.58. The van der Waals surface area contributed by atoms with Crippen LogP contribution in [0.15, 0.2) is 33.6 Å². The first-order chi connectivity index (χ1) is 9.06. The molecule has 0 aliphatic carbocycles. The Labute approximate surface area is 122 Å². The first-order valence-electron chi connectivity index (χ1n) is 5.61. The maximum absolute atomic E-state index is 12.7. The summed E-state index contributed by atoms with van der Waals surface area (Å²) in [6, 6.07) is 5.56. The third-order valence-corrected chi connectivity index (χ3v) is 5.58. The summed E-state index contributed by atoms with van der Waals surface area (Å²) in [6.07, 6.45) is -5.51. The van der Waals surface area contributed by atoms with E-state index in [1.165, 1.54) is 24.3 Å². The third-order valence-electron chi connectivity index (χ3n) is 3.19.